The Bertz CT molecular complexity index is 509. The summed E-state index contributed by atoms with van der Waals surface area (Å²) < 4.78 is 27.9. The molecule has 1 aliphatic rings. The van der Waals surface area contributed by atoms with Crippen LogP contribution in [0.4, 0.5) is 0 Å². The van der Waals surface area contributed by atoms with E-state index in [0.717, 1.165) is 5.56 Å². The molecule has 0 saturated heterocycles. The summed E-state index contributed by atoms with van der Waals surface area (Å²) in [4.78, 5) is 0. The molecule has 1 atom stereocenters. The molecule has 2 rings (SSSR count). The molecular formula is C14H19ClO3S. The van der Waals surface area contributed by atoms with Crippen LogP contribution < -0.4 is 0 Å². The number of rotatable bonds is 7. The van der Waals surface area contributed by atoms with Crippen LogP contribution >= 0.6 is 10.7 Å². The molecule has 0 spiro atoms. The standard InChI is InChI=1S/C14H19ClO3S/c1-12(9-14(7-8-14)19(15,16)17)10-18-11-13-5-3-2-4-6-13/h2-6,12H,7-11H2,1H3. The van der Waals surface area contributed by atoms with Gasteiger partial charge in [0.2, 0.25) is 9.05 Å². The molecule has 0 heterocycles. The Balaban J connectivity index is 1.75. The number of hydrogen-bond donors (Lipinski definition) is 0. The largest absolute Gasteiger partial charge is 0.376 e. The topological polar surface area (TPSA) is 43.4 Å². The molecule has 0 bridgehead atoms. The van der Waals surface area contributed by atoms with Crippen LogP contribution in [0.25, 0.3) is 0 Å². The summed E-state index contributed by atoms with van der Waals surface area (Å²) in [6.45, 7) is 3.13. The predicted molar refractivity (Wildman–Crippen MR) is 76.6 cm³/mol. The van der Waals surface area contributed by atoms with Gasteiger partial charge in [0.15, 0.2) is 0 Å². The molecule has 1 aromatic carbocycles. The highest BCUT2D eigenvalue weighted by molar-refractivity contribution is 8.15. The van der Waals surface area contributed by atoms with Gasteiger partial charge in [-0.05, 0) is 30.7 Å². The first-order valence-corrected chi connectivity index (χ1v) is 8.80. The van der Waals surface area contributed by atoms with Gasteiger partial charge < -0.3 is 4.74 Å². The maximum atomic E-state index is 11.5. The number of halogens is 1. The Hall–Kier alpha value is -0.580. The fourth-order valence-electron chi connectivity index (χ4n) is 2.33. The van der Waals surface area contributed by atoms with Crippen LogP contribution in [-0.4, -0.2) is 19.8 Å². The van der Waals surface area contributed by atoms with Gasteiger partial charge in [-0.2, -0.15) is 0 Å². The second kappa shape index (κ2) is 5.81. The van der Waals surface area contributed by atoms with Gasteiger partial charge in [-0.1, -0.05) is 37.3 Å². The highest BCUT2D eigenvalue weighted by atomic mass is 35.7. The molecule has 1 aromatic rings. The van der Waals surface area contributed by atoms with E-state index in [4.69, 9.17) is 15.4 Å². The van der Waals surface area contributed by atoms with Gasteiger partial charge in [-0.25, -0.2) is 8.42 Å². The molecule has 0 aromatic heterocycles. The zero-order valence-electron chi connectivity index (χ0n) is 11.0. The van der Waals surface area contributed by atoms with E-state index >= 15 is 0 Å². The predicted octanol–water partition coefficient (Wildman–Crippen LogP) is 3.33. The summed E-state index contributed by atoms with van der Waals surface area (Å²) >= 11 is 0. The molecule has 0 radical (unpaired) electrons. The Morgan fingerprint density at radius 1 is 1.32 bits per heavy atom. The summed E-state index contributed by atoms with van der Waals surface area (Å²) in [5.41, 5.74) is 1.13. The third kappa shape index (κ3) is 3.94. The maximum absolute atomic E-state index is 11.5. The molecule has 1 saturated carbocycles. The van der Waals surface area contributed by atoms with Crippen LogP contribution in [0, 0.1) is 5.92 Å². The third-order valence-electron chi connectivity index (χ3n) is 3.56. The Morgan fingerprint density at radius 3 is 2.47 bits per heavy atom. The zero-order valence-corrected chi connectivity index (χ0v) is 12.6. The van der Waals surface area contributed by atoms with E-state index < -0.39 is 13.8 Å². The molecule has 0 N–H and O–H groups in total. The second-order valence-corrected chi connectivity index (χ2v) is 8.39. The van der Waals surface area contributed by atoms with Crippen LogP contribution in [0.2, 0.25) is 0 Å². The van der Waals surface area contributed by atoms with E-state index in [1.165, 1.54) is 0 Å². The van der Waals surface area contributed by atoms with Crippen molar-refractivity contribution in [2.24, 2.45) is 5.92 Å². The monoisotopic (exact) mass is 302 g/mol. The summed E-state index contributed by atoms with van der Waals surface area (Å²) in [6, 6.07) is 9.93. The normalized spacial score (nSPS) is 19.1. The molecule has 19 heavy (non-hydrogen) atoms. The van der Waals surface area contributed by atoms with Gasteiger partial charge in [0.05, 0.1) is 11.4 Å². The SMILES string of the molecule is CC(COCc1ccccc1)CC1(S(=O)(=O)Cl)CC1. The van der Waals surface area contributed by atoms with Crippen molar-refractivity contribution in [2.45, 2.75) is 37.5 Å². The quantitative estimate of drug-likeness (QED) is 0.726. The lowest BCUT2D eigenvalue weighted by Crippen LogP contribution is -2.23. The van der Waals surface area contributed by atoms with Crippen LogP contribution in [0.5, 0.6) is 0 Å². The number of hydrogen-bond acceptors (Lipinski definition) is 3. The Labute approximate surface area is 119 Å². The average Bonchev–Trinajstić information content (AvgIpc) is 3.11. The van der Waals surface area contributed by atoms with Crippen LogP contribution in [0.3, 0.4) is 0 Å². The summed E-state index contributed by atoms with van der Waals surface area (Å²) in [5, 5.41) is 0. The Morgan fingerprint density at radius 2 is 1.95 bits per heavy atom. The van der Waals surface area contributed by atoms with Gasteiger partial charge >= 0.3 is 0 Å². The van der Waals surface area contributed by atoms with Crippen LogP contribution in [0.1, 0.15) is 31.7 Å². The maximum Gasteiger partial charge on any atom is 0.238 e. The first-order chi connectivity index (χ1) is 8.93. The first kappa shape index (κ1) is 14.8. The van der Waals surface area contributed by atoms with Crippen LogP contribution in [0.15, 0.2) is 30.3 Å². The Kier molecular flexibility index (Phi) is 4.54. The molecule has 0 amide bonds. The zero-order chi connectivity index (χ0) is 13.9. The highest BCUT2D eigenvalue weighted by Gasteiger charge is 2.54. The molecule has 0 aliphatic heterocycles. The van der Waals surface area contributed by atoms with Crippen molar-refractivity contribution in [3.63, 3.8) is 0 Å². The van der Waals surface area contributed by atoms with Crippen molar-refractivity contribution in [3.05, 3.63) is 35.9 Å². The van der Waals surface area contributed by atoms with Gasteiger partial charge in [0.1, 0.15) is 0 Å². The van der Waals surface area contributed by atoms with Crippen molar-refractivity contribution in [1.29, 1.82) is 0 Å². The minimum Gasteiger partial charge on any atom is -0.376 e. The first-order valence-electron chi connectivity index (χ1n) is 6.49. The van der Waals surface area contributed by atoms with Crippen molar-refractivity contribution in [2.75, 3.05) is 6.61 Å². The van der Waals surface area contributed by atoms with Crippen molar-refractivity contribution >= 4 is 19.7 Å². The van der Waals surface area contributed by atoms with Crippen molar-refractivity contribution < 1.29 is 13.2 Å². The fourth-order valence-corrected chi connectivity index (χ4v) is 4.06. The molecular weight excluding hydrogens is 284 g/mol. The minimum atomic E-state index is -3.45. The van der Waals surface area contributed by atoms with Crippen LogP contribution in [-0.2, 0) is 20.4 Å². The van der Waals surface area contributed by atoms with E-state index in [0.29, 0.717) is 32.5 Å². The molecule has 5 heteroatoms. The molecule has 1 aliphatic carbocycles. The smallest absolute Gasteiger partial charge is 0.238 e. The summed E-state index contributed by atoms with van der Waals surface area (Å²) in [5.74, 6) is 0.194. The average molecular weight is 303 g/mol. The van der Waals surface area contributed by atoms with Crippen molar-refractivity contribution in [1.82, 2.24) is 0 Å². The number of ether oxygens (including phenoxy) is 1. The molecule has 3 nitrogen and oxygen atoms in total. The lowest BCUT2D eigenvalue weighted by atomic mass is 10.1. The van der Waals surface area contributed by atoms with Gasteiger partial charge in [-0.3, -0.25) is 0 Å². The number of benzene rings is 1. The second-order valence-electron chi connectivity index (χ2n) is 5.43. The van der Waals surface area contributed by atoms with Gasteiger partial charge in [0.25, 0.3) is 0 Å². The van der Waals surface area contributed by atoms with Gasteiger partial charge in [0, 0.05) is 17.3 Å². The third-order valence-corrected chi connectivity index (χ3v) is 6.15. The van der Waals surface area contributed by atoms with E-state index in [-0.39, 0.29) is 5.92 Å². The molecule has 1 unspecified atom stereocenters. The van der Waals surface area contributed by atoms with E-state index in [1.54, 1.807) is 0 Å². The molecule has 1 fully saturated rings. The fraction of sp³-hybridized carbons (Fsp3) is 0.571. The lowest BCUT2D eigenvalue weighted by molar-refractivity contribution is 0.0887. The van der Waals surface area contributed by atoms with E-state index in [9.17, 15) is 8.42 Å². The molecule has 106 valence electrons. The van der Waals surface area contributed by atoms with Crippen molar-refractivity contribution in [3.8, 4) is 0 Å². The van der Waals surface area contributed by atoms with E-state index in [2.05, 4.69) is 0 Å². The lowest BCUT2D eigenvalue weighted by Gasteiger charge is -2.17. The summed E-state index contributed by atoms with van der Waals surface area (Å²) in [7, 11) is 2.05. The van der Waals surface area contributed by atoms with Gasteiger partial charge in [-0.15, -0.1) is 0 Å². The summed E-state index contributed by atoms with van der Waals surface area (Å²) in [6.07, 6.45) is 1.96. The minimum absolute atomic E-state index is 0.194. The highest BCUT2D eigenvalue weighted by Crippen LogP contribution is 2.50. The van der Waals surface area contributed by atoms with E-state index in [1.807, 2.05) is 37.3 Å².